The minimum absolute atomic E-state index is 0.196. The van der Waals surface area contributed by atoms with E-state index in [0.29, 0.717) is 42.6 Å². The highest BCUT2D eigenvalue weighted by atomic mass is 19.1. The number of alkyl carbamates (subject to hydrolysis) is 1. The highest BCUT2D eigenvalue weighted by Crippen LogP contribution is 2.24. The molecule has 0 bridgehead atoms. The number of hydrogen-bond donors (Lipinski definition) is 4. The van der Waals surface area contributed by atoms with Gasteiger partial charge in [-0.1, -0.05) is 0 Å². The number of hydrogen-bond acceptors (Lipinski definition) is 11. The van der Waals surface area contributed by atoms with E-state index in [9.17, 15) is 9.18 Å². The molecule has 0 spiro atoms. The molecule has 204 valence electrons. The molecule has 2 atom stereocenters. The number of carbonyl (C=O) groups is 1. The van der Waals surface area contributed by atoms with Gasteiger partial charge in [-0.2, -0.15) is 20.1 Å². The van der Waals surface area contributed by atoms with Crippen LogP contribution in [-0.2, 0) is 4.74 Å². The van der Waals surface area contributed by atoms with Gasteiger partial charge in [0.25, 0.3) is 0 Å². The fourth-order valence-electron chi connectivity index (χ4n) is 3.98. The quantitative estimate of drug-likeness (QED) is 0.340. The molecule has 0 radical (unpaired) electrons. The topological polar surface area (TPSA) is 159 Å². The van der Waals surface area contributed by atoms with Gasteiger partial charge in [0.05, 0.1) is 18.4 Å². The fourth-order valence-corrected chi connectivity index (χ4v) is 3.98. The molecule has 1 saturated heterocycles. The number of aromatic nitrogens is 7. The summed E-state index contributed by atoms with van der Waals surface area (Å²) in [6.07, 6.45) is 3.67. The largest absolute Gasteiger partial charge is 0.444 e. The van der Waals surface area contributed by atoms with Crippen molar-refractivity contribution < 1.29 is 13.9 Å². The molecule has 1 aliphatic heterocycles. The first-order valence-corrected chi connectivity index (χ1v) is 12.5. The summed E-state index contributed by atoms with van der Waals surface area (Å²) in [5.74, 6) is 1.75. The van der Waals surface area contributed by atoms with E-state index < -0.39 is 23.6 Å². The summed E-state index contributed by atoms with van der Waals surface area (Å²) in [4.78, 5) is 36.1. The first kappa shape index (κ1) is 26.9. The molecule has 2 unspecified atom stereocenters. The summed E-state index contributed by atoms with van der Waals surface area (Å²) < 4.78 is 18.6. The lowest BCUT2D eigenvalue weighted by atomic mass is 9.98. The van der Waals surface area contributed by atoms with Crippen LogP contribution in [-0.4, -0.2) is 66.4 Å². The van der Waals surface area contributed by atoms with E-state index in [0.717, 1.165) is 37.5 Å². The van der Waals surface area contributed by atoms with Crippen molar-refractivity contribution in [2.45, 2.75) is 59.1 Å². The molecule has 1 fully saturated rings. The molecular weight excluding hydrogens is 493 g/mol. The van der Waals surface area contributed by atoms with Gasteiger partial charge < -0.3 is 25.6 Å². The number of nitrogens with zero attached hydrogens (tertiary/aromatic N) is 7. The van der Waals surface area contributed by atoms with Crippen LogP contribution in [0.2, 0.25) is 0 Å². The summed E-state index contributed by atoms with van der Waals surface area (Å²) in [7, 11) is 0. The van der Waals surface area contributed by atoms with E-state index in [1.807, 2.05) is 40.7 Å². The van der Waals surface area contributed by atoms with E-state index in [4.69, 9.17) is 4.74 Å². The van der Waals surface area contributed by atoms with Gasteiger partial charge in [0.15, 0.2) is 11.6 Å². The summed E-state index contributed by atoms with van der Waals surface area (Å²) in [6, 6.07) is 1.45. The van der Waals surface area contributed by atoms with Gasteiger partial charge in [-0.3, -0.25) is 5.10 Å². The number of ether oxygens (including phenoxy) is 1. The van der Waals surface area contributed by atoms with E-state index in [1.165, 1.54) is 0 Å². The van der Waals surface area contributed by atoms with Crippen LogP contribution in [0, 0.1) is 18.7 Å². The van der Waals surface area contributed by atoms with E-state index in [-0.39, 0.29) is 5.92 Å². The number of rotatable bonds is 8. The Morgan fingerprint density at radius 2 is 1.97 bits per heavy atom. The first-order valence-electron chi connectivity index (χ1n) is 12.5. The minimum atomic E-state index is -0.552. The molecule has 14 heteroatoms. The Kier molecular flexibility index (Phi) is 8.17. The molecule has 4 rings (SSSR count). The van der Waals surface area contributed by atoms with Crippen LogP contribution in [0.5, 0.6) is 0 Å². The number of piperidine rings is 1. The van der Waals surface area contributed by atoms with Crippen LogP contribution in [0.3, 0.4) is 0 Å². The lowest BCUT2D eigenvalue weighted by Gasteiger charge is -2.33. The van der Waals surface area contributed by atoms with Gasteiger partial charge in [0.1, 0.15) is 11.4 Å². The molecule has 4 heterocycles. The third-order valence-electron chi connectivity index (χ3n) is 5.68. The Morgan fingerprint density at radius 1 is 1.24 bits per heavy atom. The Balaban J connectivity index is 1.51. The third-order valence-corrected chi connectivity index (χ3v) is 5.68. The van der Waals surface area contributed by atoms with Gasteiger partial charge in [-0.05, 0) is 53.4 Å². The van der Waals surface area contributed by atoms with Crippen molar-refractivity contribution in [1.29, 1.82) is 0 Å². The van der Waals surface area contributed by atoms with Crippen molar-refractivity contribution in [3.8, 4) is 0 Å². The Bertz CT molecular complexity index is 1230. The molecule has 1 aliphatic rings. The van der Waals surface area contributed by atoms with Crippen molar-refractivity contribution in [3.05, 3.63) is 35.8 Å². The zero-order chi connectivity index (χ0) is 27.3. The Labute approximate surface area is 220 Å². The third kappa shape index (κ3) is 7.70. The van der Waals surface area contributed by atoms with Crippen molar-refractivity contribution >= 4 is 29.8 Å². The zero-order valence-corrected chi connectivity index (χ0v) is 22.2. The second-order valence-electron chi connectivity index (χ2n) is 10.3. The summed E-state index contributed by atoms with van der Waals surface area (Å²) in [6.45, 7) is 11.1. The average Bonchev–Trinajstić information content (AvgIpc) is 3.26. The van der Waals surface area contributed by atoms with E-state index >= 15 is 0 Å². The van der Waals surface area contributed by atoms with Crippen LogP contribution in [0.25, 0.3) is 0 Å². The molecular formula is C24H34FN11O2. The number of nitrogens with one attached hydrogen (secondary N) is 4. The molecule has 0 aliphatic carbocycles. The zero-order valence-electron chi connectivity index (χ0n) is 22.2. The molecule has 1 amide bonds. The molecule has 0 aromatic carbocycles. The molecule has 38 heavy (non-hydrogen) atoms. The van der Waals surface area contributed by atoms with Crippen LogP contribution < -0.4 is 20.9 Å². The second kappa shape index (κ2) is 11.5. The second-order valence-corrected chi connectivity index (χ2v) is 10.3. The van der Waals surface area contributed by atoms with Crippen molar-refractivity contribution in [1.82, 2.24) is 40.4 Å². The summed E-state index contributed by atoms with van der Waals surface area (Å²) in [5.41, 5.74) is 0.335. The van der Waals surface area contributed by atoms with Crippen molar-refractivity contribution in [2.24, 2.45) is 5.92 Å². The number of anilines is 4. The smallest absolute Gasteiger partial charge is 0.407 e. The van der Waals surface area contributed by atoms with Gasteiger partial charge >= 0.3 is 6.09 Å². The number of amides is 1. The Hall–Kier alpha value is -4.10. The fraction of sp³-hybridized carbons (Fsp3) is 0.542. The standard InChI is InChI=1S/C24H34FN11O2/c1-14-9-18(35-34-14)30-21-31-20(29-15(2)19-26-11-17(25)12-27-19)32-22(33-21)36-8-6-7-16(13-36)10-28-23(37)38-24(3,4)5/h9,11-12,15-16H,6-8,10,13H2,1-5H3,(H,28,37)(H3,29,30,31,32,33,34,35). The monoisotopic (exact) mass is 527 g/mol. The maximum Gasteiger partial charge on any atom is 0.407 e. The van der Waals surface area contributed by atoms with Gasteiger partial charge in [-0.15, -0.1) is 0 Å². The highest BCUT2D eigenvalue weighted by Gasteiger charge is 2.25. The van der Waals surface area contributed by atoms with Crippen LogP contribution in [0.1, 0.15) is 58.1 Å². The number of aromatic amines is 1. The number of carbonyl (C=O) groups excluding carboxylic acids is 1. The van der Waals surface area contributed by atoms with Crippen molar-refractivity contribution in [2.75, 3.05) is 35.2 Å². The lowest BCUT2D eigenvalue weighted by Crippen LogP contribution is -2.43. The minimum Gasteiger partial charge on any atom is -0.444 e. The predicted octanol–water partition coefficient (Wildman–Crippen LogP) is 3.49. The van der Waals surface area contributed by atoms with E-state index in [2.05, 4.69) is 56.0 Å². The lowest BCUT2D eigenvalue weighted by molar-refractivity contribution is 0.0517. The van der Waals surface area contributed by atoms with Crippen LogP contribution in [0.15, 0.2) is 18.5 Å². The SMILES string of the molecule is Cc1cc(Nc2nc(NC(C)c3ncc(F)cn3)nc(N3CCCC(CNC(=O)OC(C)(C)C)C3)n2)n[nH]1. The average molecular weight is 528 g/mol. The molecule has 3 aromatic rings. The predicted molar refractivity (Wildman–Crippen MR) is 140 cm³/mol. The molecule has 3 aromatic heterocycles. The van der Waals surface area contributed by atoms with Crippen LogP contribution in [0.4, 0.5) is 32.8 Å². The summed E-state index contributed by atoms with van der Waals surface area (Å²) >= 11 is 0. The maximum absolute atomic E-state index is 13.3. The summed E-state index contributed by atoms with van der Waals surface area (Å²) in [5, 5.41) is 16.2. The number of H-pyrrole nitrogens is 1. The van der Waals surface area contributed by atoms with Gasteiger partial charge in [0.2, 0.25) is 17.8 Å². The maximum atomic E-state index is 13.3. The molecule has 13 nitrogen and oxygen atoms in total. The van der Waals surface area contributed by atoms with E-state index in [1.54, 1.807) is 0 Å². The van der Waals surface area contributed by atoms with Gasteiger partial charge in [0, 0.05) is 31.4 Å². The first-order chi connectivity index (χ1) is 18.0. The molecule has 0 saturated carbocycles. The number of halogens is 1. The highest BCUT2D eigenvalue weighted by molar-refractivity contribution is 5.67. The molecule has 4 N–H and O–H groups in total. The Morgan fingerprint density at radius 3 is 2.66 bits per heavy atom. The van der Waals surface area contributed by atoms with Crippen LogP contribution >= 0.6 is 0 Å². The van der Waals surface area contributed by atoms with Gasteiger partial charge in [-0.25, -0.2) is 19.2 Å². The van der Waals surface area contributed by atoms with Crippen molar-refractivity contribution in [3.63, 3.8) is 0 Å². The number of aryl methyl sites for hydroxylation is 1. The normalized spacial score (nSPS) is 16.6.